The Labute approximate surface area is 165 Å². The van der Waals surface area contributed by atoms with Gasteiger partial charge in [-0.15, -0.1) is 0 Å². The summed E-state index contributed by atoms with van der Waals surface area (Å²) in [5.41, 5.74) is 9.09. The zero-order valence-electron chi connectivity index (χ0n) is 16.4. The first-order valence-electron chi connectivity index (χ1n) is 10.0. The summed E-state index contributed by atoms with van der Waals surface area (Å²) in [7, 11) is 0. The third-order valence-electron chi connectivity index (χ3n) is 5.74. The van der Waals surface area contributed by atoms with Gasteiger partial charge in [-0.05, 0) is 62.8 Å². The third kappa shape index (κ3) is 3.64. The molecule has 7 heteroatoms. The van der Waals surface area contributed by atoms with Crippen molar-refractivity contribution in [2.75, 3.05) is 26.2 Å². The topological polar surface area (TPSA) is 94.2 Å². The van der Waals surface area contributed by atoms with Crippen molar-refractivity contribution in [3.05, 3.63) is 52.9 Å². The molecular weight excluding hydrogens is 354 g/mol. The number of nitrogens with zero attached hydrogens (tertiary/aromatic N) is 4. The number of aryl methyl sites for hydroxylation is 2. The summed E-state index contributed by atoms with van der Waals surface area (Å²) in [6.45, 7) is 4.52. The summed E-state index contributed by atoms with van der Waals surface area (Å²) >= 11 is 0. The van der Waals surface area contributed by atoms with E-state index < -0.39 is 0 Å². The first-order valence-corrected chi connectivity index (χ1v) is 10.0. The van der Waals surface area contributed by atoms with E-state index >= 15 is 0 Å². The lowest BCUT2D eigenvalue weighted by atomic mass is 9.83. The first kappa shape index (κ1) is 19.0. The number of aromatic nitrogens is 3. The fraction of sp³-hybridized carbons (Fsp3) is 0.524. The van der Waals surface area contributed by atoms with Crippen LogP contribution in [0.3, 0.4) is 0 Å². The maximum absolute atomic E-state index is 13.0. The fourth-order valence-electron chi connectivity index (χ4n) is 4.18. The van der Waals surface area contributed by atoms with Gasteiger partial charge in [-0.2, -0.15) is 0 Å². The summed E-state index contributed by atoms with van der Waals surface area (Å²) in [4.78, 5) is 28.2. The van der Waals surface area contributed by atoms with Gasteiger partial charge in [0.25, 0.3) is 5.91 Å². The van der Waals surface area contributed by atoms with Crippen molar-refractivity contribution in [3.8, 4) is 0 Å². The molecule has 0 unspecified atom stereocenters. The average molecular weight is 381 g/mol. The van der Waals surface area contributed by atoms with Crippen LogP contribution >= 0.6 is 0 Å². The predicted molar refractivity (Wildman–Crippen MR) is 105 cm³/mol. The second-order valence-electron chi connectivity index (χ2n) is 7.65. The lowest BCUT2D eigenvalue weighted by Gasteiger charge is -2.44. The zero-order chi connectivity index (χ0) is 19.6. The monoisotopic (exact) mass is 381 g/mol. The normalized spacial score (nSPS) is 18.1. The molecule has 0 saturated carbocycles. The Morgan fingerprint density at radius 1 is 1.29 bits per heavy atom. The van der Waals surface area contributed by atoms with Gasteiger partial charge in [0, 0.05) is 31.7 Å². The molecule has 0 aliphatic carbocycles. The first-order chi connectivity index (χ1) is 13.6. The molecule has 28 heavy (non-hydrogen) atoms. The van der Waals surface area contributed by atoms with Crippen molar-refractivity contribution < 1.29 is 9.53 Å². The van der Waals surface area contributed by atoms with Crippen molar-refractivity contribution in [2.45, 2.75) is 44.6 Å². The van der Waals surface area contributed by atoms with Crippen LogP contribution in [0.4, 0.5) is 0 Å². The molecule has 1 saturated heterocycles. The number of carbonyl (C=O) groups excluding carboxylic acids is 1. The minimum absolute atomic E-state index is 0.0341. The van der Waals surface area contributed by atoms with Crippen LogP contribution in [0.2, 0.25) is 0 Å². The number of ether oxygens (including phenoxy) is 1. The highest BCUT2D eigenvalue weighted by atomic mass is 16.5. The van der Waals surface area contributed by atoms with E-state index in [4.69, 9.17) is 15.5 Å². The molecule has 148 valence electrons. The van der Waals surface area contributed by atoms with Crippen molar-refractivity contribution in [3.63, 3.8) is 0 Å². The molecule has 2 aliphatic rings. The molecule has 2 aromatic rings. The van der Waals surface area contributed by atoms with Crippen molar-refractivity contribution in [1.29, 1.82) is 0 Å². The van der Waals surface area contributed by atoms with Crippen molar-refractivity contribution in [2.24, 2.45) is 5.73 Å². The number of piperidine rings is 1. The number of likely N-dealkylation sites (tertiary alicyclic amines) is 1. The Balaban J connectivity index is 1.48. The van der Waals surface area contributed by atoms with E-state index in [-0.39, 0.29) is 11.5 Å². The smallest absolute Gasteiger partial charge is 0.255 e. The number of rotatable bonds is 4. The quantitative estimate of drug-likeness (QED) is 0.867. The van der Waals surface area contributed by atoms with Crippen LogP contribution in [0.1, 0.15) is 52.3 Å². The van der Waals surface area contributed by atoms with Crippen LogP contribution in [0.15, 0.2) is 24.7 Å². The Morgan fingerprint density at radius 3 is 2.89 bits per heavy atom. The minimum atomic E-state index is -0.390. The largest absolute Gasteiger partial charge is 0.368 e. The van der Waals surface area contributed by atoms with Gasteiger partial charge >= 0.3 is 0 Å². The van der Waals surface area contributed by atoms with Gasteiger partial charge in [-0.1, -0.05) is 0 Å². The summed E-state index contributed by atoms with van der Waals surface area (Å²) < 4.78 is 6.23. The van der Waals surface area contributed by atoms with Crippen LogP contribution in [-0.2, 0) is 23.2 Å². The highest BCUT2D eigenvalue weighted by Crippen LogP contribution is 2.40. The Hall–Kier alpha value is -2.38. The van der Waals surface area contributed by atoms with Crippen LogP contribution < -0.4 is 5.73 Å². The highest BCUT2D eigenvalue weighted by Gasteiger charge is 2.43. The maximum atomic E-state index is 13.0. The van der Waals surface area contributed by atoms with Crippen LogP contribution in [0.25, 0.3) is 0 Å². The van der Waals surface area contributed by atoms with Gasteiger partial charge in [0.2, 0.25) is 0 Å². The van der Waals surface area contributed by atoms with E-state index in [0.29, 0.717) is 31.8 Å². The van der Waals surface area contributed by atoms with E-state index in [1.807, 2.05) is 30.3 Å². The van der Waals surface area contributed by atoms with E-state index in [1.54, 1.807) is 6.20 Å². The standard InChI is InChI=1S/C21H27N5O2/c1-15-24-14-17-4-10-28-21(19(17)25-15)5-8-26(9-6-21)20(27)18-11-16(3-2-7-22)12-23-13-18/h11-14H,2-10,22H2,1H3. The molecule has 7 nitrogen and oxygen atoms in total. The van der Waals surface area contributed by atoms with Gasteiger partial charge in [0.1, 0.15) is 11.4 Å². The van der Waals surface area contributed by atoms with Gasteiger partial charge in [-0.25, -0.2) is 9.97 Å². The average Bonchev–Trinajstić information content (AvgIpc) is 2.73. The van der Waals surface area contributed by atoms with Crippen LogP contribution in [0, 0.1) is 6.92 Å². The van der Waals surface area contributed by atoms with Crippen LogP contribution in [0.5, 0.6) is 0 Å². The van der Waals surface area contributed by atoms with Crippen molar-refractivity contribution >= 4 is 5.91 Å². The molecule has 0 aromatic carbocycles. The van der Waals surface area contributed by atoms with E-state index in [2.05, 4.69) is 9.97 Å². The molecule has 0 radical (unpaired) electrons. The summed E-state index contributed by atoms with van der Waals surface area (Å²) in [6.07, 6.45) is 9.49. The lowest BCUT2D eigenvalue weighted by molar-refractivity contribution is -0.0968. The highest BCUT2D eigenvalue weighted by molar-refractivity contribution is 5.94. The number of amides is 1. The third-order valence-corrected chi connectivity index (χ3v) is 5.74. The molecule has 4 heterocycles. The molecule has 2 aromatic heterocycles. The number of carbonyl (C=O) groups is 1. The number of fused-ring (bicyclic) bond motifs is 2. The summed E-state index contributed by atoms with van der Waals surface area (Å²) in [6, 6.07) is 1.94. The van der Waals surface area contributed by atoms with Gasteiger partial charge in [0.05, 0.1) is 17.9 Å². The maximum Gasteiger partial charge on any atom is 0.255 e. The van der Waals surface area contributed by atoms with Gasteiger partial charge < -0.3 is 15.4 Å². The Bertz CT molecular complexity index is 862. The Morgan fingerprint density at radius 2 is 2.11 bits per heavy atom. The summed E-state index contributed by atoms with van der Waals surface area (Å²) in [5.74, 6) is 0.800. The lowest BCUT2D eigenvalue weighted by Crippen LogP contribution is -2.49. The second kappa shape index (κ2) is 7.93. The zero-order valence-corrected chi connectivity index (χ0v) is 16.4. The van der Waals surface area contributed by atoms with Crippen molar-refractivity contribution in [1.82, 2.24) is 19.9 Å². The second-order valence-corrected chi connectivity index (χ2v) is 7.65. The molecule has 1 amide bonds. The number of pyridine rings is 1. The van der Waals surface area contributed by atoms with E-state index in [1.165, 1.54) is 5.56 Å². The summed E-state index contributed by atoms with van der Waals surface area (Å²) in [5, 5.41) is 0. The van der Waals surface area contributed by atoms with Gasteiger partial charge in [-0.3, -0.25) is 9.78 Å². The molecule has 0 bridgehead atoms. The van der Waals surface area contributed by atoms with E-state index in [0.717, 1.165) is 49.2 Å². The van der Waals surface area contributed by atoms with Gasteiger partial charge in [0.15, 0.2) is 0 Å². The molecule has 0 atom stereocenters. The van der Waals surface area contributed by atoms with E-state index in [9.17, 15) is 4.79 Å². The molecule has 1 fully saturated rings. The fourth-order valence-corrected chi connectivity index (χ4v) is 4.18. The Kier molecular flexibility index (Phi) is 5.37. The molecule has 1 spiro atoms. The molecular formula is C21H27N5O2. The SMILES string of the molecule is Cc1ncc2c(n1)C1(CCN(C(=O)c3cncc(CCCN)c3)CC1)OCC2. The van der Waals surface area contributed by atoms with Crippen LogP contribution in [-0.4, -0.2) is 52.0 Å². The molecule has 2 N–H and O–H groups in total. The minimum Gasteiger partial charge on any atom is -0.368 e. The predicted octanol–water partition coefficient (Wildman–Crippen LogP) is 1.78. The number of hydrogen-bond acceptors (Lipinski definition) is 6. The number of nitrogens with two attached hydrogens (primary N) is 1. The number of hydrogen-bond donors (Lipinski definition) is 1. The molecule has 4 rings (SSSR count). The molecule has 2 aliphatic heterocycles.